The fraction of sp³-hybridized carbons (Fsp3) is 0.367. The number of anilines is 1. The minimum absolute atomic E-state index is 0.0306. The molecule has 1 unspecified atom stereocenters. The predicted octanol–water partition coefficient (Wildman–Crippen LogP) is 3.67. The van der Waals surface area contributed by atoms with Crippen molar-refractivity contribution in [3.8, 4) is 0 Å². The summed E-state index contributed by atoms with van der Waals surface area (Å²) in [6.07, 6.45) is 1.64. The number of carbonyl (C=O) groups excluding carboxylic acids is 1. The van der Waals surface area contributed by atoms with Gasteiger partial charge in [0.1, 0.15) is 5.69 Å². The molecule has 1 atom stereocenters. The van der Waals surface area contributed by atoms with Crippen LogP contribution in [0.1, 0.15) is 56.3 Å². The highest BCUT2D eigenvalue weighted by molar-refractivity contribution is 7.07. The van der Waals surface area contributed by atoms with Crippen molar-refractivity contribution in [2.24, 2.45) is 4.99 Å². The zero-order valence-electron chi connectivity index (χ0n) is 23.5. The number of nitro groups is 1. The third kappa shape index (κ3) is 5.59. The fourth-order valence-corrected chi connectivity index (χ4v) is 6.22. The van der Waals surface area contributed by atoms with E-state index in [1.807, 2.05) is 29.2 Å². The first-order valence-corrected chi connectivity index (χ1v) is 14.4. The van der Waals surface area contributed by atoms with Crippen LogP contribution >= 0.6 is 11.3 Å². The second kappa shape index (κ2) is 11.8. The third-order valence-corrected chi connectivity index (χ3v) is 8.26. The van der Waals surface area contributed by atoms with Gasteiger partial charge in [-0.05, 0) is 48.6 Å². The summed E-state index contributed by atoms with van der Waals surface area (Å²) in [5.74, 6) is -0.193. The maximum absolute atomic E-state index is 13.9. The molecule has 214 valence electrons. The highest BCUT2D eigenvalue weighted by Crippen LogP contribution is 2.32. The molecule has 3 aromatic rings. The molecule has 0 radical (unpaired) electrons. The van der Waals surface area contributed by atoms with Crippen molar-refractivity contribution in [2.75, 3.05) is 37.8 Å². The number of fused-ring (bicyclic) bond motifs is 1. The molecule has 1 saturated heterocycles. The van der Waals surface area contributed by atoms with Crippen LogP contribution in [0, 0.1) is 10.1 Å². The van der Waals surface area contributed by atoms with Gasteiger partial charge in [-0.1, -0.05) is 55.5 Å². The van der Waals surface area contributed by atoms with Crippen molar-refractivity contribution >= 4 is 34.8 Å². The van der Waals surface area contributed by atoms with Crippen molar-refractivity contribution in [3.63, 3.8) is 0 Å². The summed E-state index contributed by atoms with van der Waals surface area (Å²) in [6, 6.07) is 12.1. The number of nitro benzene ring substituents is 1. The van der Waals surface area contributed by atoms with Crippen molar-refractivity contribution in [3.05, 3.63) is 100 Å². The number of allylic oxidation sites excluding steroid dienone is 1. The van der Waals surface area contributed by atoms with Gasteiger partial charge >= 0.3 is 5.97 Å². The minimum Gasteiger partial charge on any atom is -0.463 e. The SMILES string of the molecule is CCOC(=O)C1=C(C)N=c2sc(=Cc3ccc(N4CCOCC4)c([N+](=O)[O-])c3)c(=O)n2C1c1ccc(C(C)C)cc1. The molecule has 5 rings (SSSR count). The zero-order valence-corrected chi connectivity index (χ0v) is 24.3. The number of thiazole rings is 1. The molecule has 0 aliphatic carbocycles. The molecule has 1 aromatic heterocycles. The first-order valence-electron chi connectivity index (χ1n) is 13.6. The van der Waals surface area contributed by atoms with Crippen LogP contribution < -0.4 is 19.8 Å². The van der Waals surface area contributed by atoms with Gasteiger partial charge in [-0.3, -0.25) is 19.5 Å². The minimum atomic E-state index is -0.716. The van der Waals surface area contributed by atoms with E-state index in [1.165, 1.54) is 22.0 Å². The maximum Gasteiger partial charge on any atom is 0.338 e. The predicted molar refractivity (Wildman–Crippen MR) is 157 cm³/mol. The molecule has 11 heteroatoms. The van der Waals surface area contributed by atoms with E-state index >= 15 is 0 Å². The van der Waals surface area contributed by atoms with E-state index in [1.54, 1.807) is 32.1 Å². The summed E-state index contributed by atoms with van der Waals surface area (Å²) in [7, 11) is 0. The number of morpholine rings is 1. The van der Waals surface area contributed by atoms with E-state index in [2.05, 4.69) is 18.8 Å². The van der Waals surface area contributed by atoms with Gasteiger partial charge in [0.05, 0.1) is 46.6 Å². The molecule has 1 fully saturated rings. The van der Waals surface area contributed by atoms with Crippen molar-refractivity contribution < 1.29 is 19.2 Å². The summed E-state index contributed by atoms with van der Waals surface area (Å²) >= 11 is 1.19. The van der Waals surface area contributed by atoms with Crippen LogP contribution in [0.5, 0.6) is 0 Å². The molecule has 2 aliphatic heterocycles. The Balaban J connectivity index is 1.63. The van der Waals surface area contributed by atoms with Gasteiger partial charge in [-0.2, -0.15) is 0 Å². The number of nitrogens with zero attached hydrogens (tertiary/aromatic N) is 4. The van der Waals surface area contributed by atoms with E-state index in [0.29, 0.717) is 64.1 Å². The molecular weight excluding hydrogens is 544 g/mol. The molecule has 2 aliphatic rings. The second-order valence-corrected chi connectivity index (χ2v) is 11.2. The maximum atomic E-state index is 13.9. The van der Waals surface area contributed by atoms with Gasteiger partial charge in [-0.25, -0.2) is 9.79 Å². The Labute approximate surface area is 241 Å². The van der Waals surface area contributed by atoms with Crippen LogP contribution in [0.3, 0.4) is 0 Å². The van der Waals surface area contributed by atoms with E-state index < -0.39 is 16.9 Å². The number of esters is 1. The smallest absolute Gasteiger partial charge is 0.338 e. The van der Waals surface area contributed by atoms with E-state index in [9.17, 15) is 19.7 Å². The lowest BCUT2D eigenvalue weighted by molar-refractivity contribution is -0.384. The molecule has 10 nitrogen and oxygen atoms in total. The Morgan fingerprint density at radius 2 is 1.93 bits per heavy atom. The lowest BCUT2D eigenvalue weighted by Crippen LogP contribution is -2.40. The molecule has 41 heavy (non-hydrogen) atoms. The topological polar surface area (TPSA) is 116 Å². The van der Waals surface area contributed by atoms with Gasteiger partial charge in [0.25, 0.3) is 11.2 Å². The molecule has 0 saturated carbocycles. The number of ether oxygens (including phenoxy) is 2. The first kappa shape index (κ1) is 28.4. The molecule has 3 heterocycles. The number of rotatable bonds is 7. The van der Waals surface area contributed by atoms with Crippen LogP contribution in [0.4, 0.5) is 11.4 Å². The van der Waals surface area contributed by atoms with Gasteiger partial charge < -0.3 is 14.4 Å². The Hall–Kier alpha value is -4.09. The third-order valence-electron chi connectivity index (χ3n) is 7.28. The molecule has 0 bridgehead atoms. The number of hydrogen-bond acceptors (Lipinski definition) is 9. The van der Waals surface area contributed by atoms with Gasteiger partial charge in [0.15, 0.2) is 4.80 Å². The van der Waals surface area contributed by atoms with Crippen LogP contribution in [-0.4, -0.2) is 48.4 Å². The van der Waals surface area contributed by atoms with Gasteiger partial charge in [0.2, 0.25) is 0 Å². The molecular formula is C30H32N4O6S. The Bertz CT molecular complexity index is 1700. The number of aromatic nitrogens is 1. The van der Waals surface area contributed by atoms with E-state index in [0.717, 1.165) is 11.1 Å². The quantitative estimate of drug-likeness (QED) is 0.239. The molecule has 0 spiro atoms. The average Bonchev–Trinajstić information content (AvgIpc) is 3.26. The number of carbonyl (C=O) groups is 1. The summed E-state index contributed by atoms with van der Waals surface area (Å²) in [6.45, 7) is 10.0. The highest BCUT2D eigenvalue weighted by Gasteiger charge is 2.33. The summed E-state index contributed by atoms with van der Waals surface area (Å²) < 4.78 is 12.6. The van der Waals surface area contributed by atoms with Crippen molar-refractivity contribution in [2.45, 2.75) is 39.7 Å². The zero-order chi connectivity index (χ0) is 29.3. The lowest BCUT2D eigenvalue weighted by atomic mass is 9.93. The summed E-state index contributed by atoms with van der Waals surface area (Å²) in [4.78, 5) is 45.6. The molecule has 2 aromatic carbocycles. The normalized spacial score (nSPS) is 17.4. The highest BCUT2D eigenvalue weighted by atomic mass is 32.1. The Kier molecular flexibility index (Phi) is 8.18. The monoisotopic (exact) mass is 576 g/mol. The Morgan fingerprint density at radius 3 is 2.56 bits per heavy atom. The fourth-order valence-electron chi connectivity index (χ4n) is 5.17. The van der Waals surface area contributed by atoms with Gasteiger partial charge in [-0.15, -0.1) is 0 Å². The van der Waals surface area contributed by atoms with Crippen LogP contribution in [0.2, 0.25) is 0 Å². The molecule has 0 N–H and O–H groups in total. The summed E-state index contributed by atoms with van der Waals surface area (Å²) in [5.41, 5.74) is 3.40. The lowest BCUT2D eigenvalue weighted by Gasteiger charge is -2.28. The average molecular weight is 577 g/mol. The largest absolute Gasteiger partial charge is 0.463 e. The van der Waals surface area contributed by atoms with E-state index in [4.69, 9.17) is 9.47 Å². The van der Waals surface area contributed by atoms with Crippen LogP contribution in [-0.2, 0) is 14.3 Å². The molecule has 0 amide bonds. The number of hydrogen-bond donors (Lipinski definition) is 0. The number of benzene rings is 2. The van der Waals surface area contributed by atoms with Crippen LogP contribution in [0.15, 0.2) is 63.5 Å². The first-order chi connectivity index (χ1) is 19.7. The second-order valence-electron chi connectivity index (χ2n) is 10.2. The van der Waals surface area contributed by atoms with Crippen LogP contribution in [0.25, 0.3) is 6.08 Å². The van der Waals surface area contributed by atoms with E-state index in [-0.39, 0.29) is 17.9 Å². The summed E-state index contributed by atoms with van der Waals surface area (Å²) in [5, 5.41) is 12.0. The van der Waals surface area contributed by atoms with Crippen molar-refractivity contribution in [1.29, 1.82) is 0 Å². The standard InChI is InChI=1S/C30H32N4O6S/c1-5-40-29(36)26-19(4)31-30-33(27(26)22-9-7-21(8-10-22)18(2)3)28(35)25(41-30)17-20-6-11-23(24(16-20)34(37)38)32-12-14-39-15-13-32/h6-11,16-18,27H,5,12-15H2,1-4H3. The Morgan fingerprint density at radius 1 is 1.22 bits per heavy atom. The van der Waals surface area contributed by atoms with Gasteiger partial charge in [0, 0.05) is 19.2 Å². The van der Waals surface area contributed by atoms with Crippen molar-refractivity contribution in [1.82, 2.24) is 4.57 Å².